The maximum Gasteiger partial charge on any atom is 0.416 e. The van der Waals surface area contributed by atoms with Gasteiger partial charge in [-0.15, -0.1) is 0 Å². The van der Waals surface area contributed by atoms with Gasteiger partial charge in [-0.05, 0) is 85.8 Å². The quantitative estimate of drug-likeness (QED) is 0.207. The van der Waals surface area contributed by atoms with Crippen LogP contribution in [0.4, 0.5) is 13.2 Å². The Morgan fingerprint density at radius 3 is 2.31 bits per heavy atom. The third kappa shape index (κ3) is 5.14. The number of alkyl halides is 3. The molecule has 0 saturated heterocycles. The van der Waals surface area contributed by atoms with Crippen LogP contribution in [0.1, 0.15) is 77.2 Å². The number of aliphatic hydroxyl groups excluding tert-OH is 1. The van der Waals surface area contributed by atoms with Crippen molar-refractivity contribution in [3.05, 3.63) is 87.2 Å². The summed E-state index contributed by atoms with van der Waals surface area (Å²) in [6.07, 6.45) is -4.71. The monoisotopic (exact) mass is 682 g/mol. The largest absolute Gasteiger partial charge is 0.507 e. The number of aliphatic hydroxyl groups is 1. The minimum absolute atomic E-state index is 0.00164. The normalized spacial score (nSPS) is 24.3. The second-order valence-corrected chi connectivity index (χ2v) is 19.7. The molecule has 48 heavy (non-hydrogen) atoms. The van der Waals surface area contributed by atoms with Crippen molar-refractivity contribution < 1.29 is 41.6 Å². The molecule has 0 unspecified atom stereocenters. The molecule has 0 aliphatic heterocycles. The van der Waals surface area contributed by atoms with Crippen LogP contribution in [0.3, 0.4) is 0 Å². The Balaban J connectivity index is 1.59. The maximum absolute atomic E-state index is 15.3. The summed E-state index contributed by atoms with van der Waals surface area (Å²) >= 11 is 0. The van der Waals surface area contributed by atoms with Gasteiger partial charge >= 0.3 is 6.18 Å². The van der Waals surface area contributed by atoms with Crippen LogP contribution in [0.15, 0.2) is 52.6 Å². The number of nitrogens with zero attached hydrogens (tertiary/aromatic N) is 2. The first-order chi connectivity index (χ1) is 22.3. The van der Waals surface area contributed by atoms with E-state index >= 15 is 9.59 Å². The van der Waals surface area contributed by atoms with Crippen LogP contribution in [0.5, 0.6) is 5.88 Å². The lowest BCUT2D eigenvalue weighted by molar-refractivity contribution is -0.140. The van der Waals surface area contributed by atoms with E-state index in [2.05, 4.69) is 5.16 Å². The maximum atomic E-state index is 15.3. The van der Waals surface area contributed by atoms with Gasteiger partial charge in [0.2, 0.25) is 11.6 Å². The van der Waals surface area contributed by atoms with Crippen molar-refractivity contribution in [2.75, 3.05) is 14.1 Å². The summed E-state index contributed by atoms with van der Waals surface area (Å²) in [5.41, 5.74) is -1.89. The third-order valence-corrected chi connectivity index (χ3v) is 15.2. The molecule has 3 aliphatic carbocycles. The number of ketones is 2. The van der Waals surface area contributed by atoms with E-state index < -0.39 is 65.9 Å². The SMILES string of the molecule is Cc1ccc(C(F)(F)F)c2c1C(O)=C1C(=O)[C@]3(O[Si](C)(C)C(C)(C)C)C(=O)c4c(OCc5ccccc5)noc4[C@@H](N(C)C)[C@@H]3C[C@@H]1C2. The van der Waals surface area contributed by atoms with E-state index in [1.165, 1.54) is 6.07 Å². The fourth-order valence-electron chi connectivity index (χ4n) is 7.42. The molecule has 0 spiro atoms. The molecule has 1 aromatic heterocycles. The van der Waals surface area contributed by atoms with Gasteiger partial charge in [0.05, 0.1) is 11.6 Å². The molecule has 1 fully saturated rings. The smallest absolute Gasteiger partial charge is 0.416 e. The summed E-state index contributed by atoms with van der Waals surface area (Å²) in [4.78, 5) is 32.2. The van der Waals surface area contributed by atoms with E-state index in [4.69, 9.17) is 13.7 Å². The average molecular weight is 683 g/mol. The third-order valence-electron chi connectivity index (χ3n) is 10.7. The summed E-state index contributed by atoms with van der Waals surface area (Å²) in [7, 11) is 0.614. The van der Waals surface area contributed by atoms with E-state index in [1.54, 1.807) is 21.0 Å². The number of hydrogen-bond donors (Lipinski definition) is 1. The van der Waals surface area contributed by atoms with Crippen LogP contribution in [-0.2, 0) is 28.4 Å². The van der Waals surface area contributed by atoms with Crippen molar-refractivity contribution >= 4 is 25.6 Å². The minimum atomic E-state index is -4.67. The predicted molar refractivity (Wildman–Crippen MR) is 175 cm³/mol. The lowest BCUT2D eigenvalue weighted by Crippen LogP contribution is -2.68. The molecule has 12 heteroatoms. The Hall–Kier alpha value is -3.74. The lowest BCUT2D eigenvalue weighted by Gasteiger charge is -2.55. The second kappa shape index (κ2) is 11.4. The van der Waals surface area contributed by atoms with Gasteiger partial charge in [0.25, 0.3) is 5.88 Å². The van der Waals surface area contributed by atoms with Gasteiger partial charge in [0.15, 0.2) is 19.7 Å². The highest BCUT2D eigenvalue weighted by molar-refractivity contribution is 6.74. The van der Waals surface area contributed by atoms with E-state index in [0.717, 1.165) is 11.6 Å². The highest BCUT2D eigenvalue weighted by atomic mass is 28.4. The molecular weight excluding hydrogens is 641 g/mol. The zero-order chi connectivity index (χ0) is 35.1. The van der Waals surface area contributed by atoms with Crippen LogP contribution < -0.4 is 4.74 Å². The summed E-state index contributed by atoms with van der Waals surface area (Å²) in [5, 5.41) is 15.5. The molecule has 2 aromatic carbocycles. The van der Waals surface area contributed by atoms with Gasteiger partial charge in [0, 0.05) is 17.1 Å². The van der Waals surface area contributed by atoms with Crippen LogP contribution in [0, 0.1) is 18.8 Å². The first kappa shape index (κ1) is 34.1. The van der Waals surface area contributed by atoms with E-state index in [0.29, 0.717) is 5.56 Å². The number of aromatic nitrogens is 1. The van der Waals surface area contributed by atoms with Crippen molar-refractivity contribution in [3.8, 4) is 5.88 Å². The Bertz CT molecular complexity index is 1820. The fourth-order valence-corrected chi connectivity index (χ4v) is 8.86. The van der Waals surface area contributed by atoms with Crippen molar-refractivity contribution in [2.45, 2.75) is 83.1 Å². The van der Waals surface area contributed by atoms with Crippen LogP contribution in [0.2, 0.25) is 18.1 Å². The average Bonchev–Trinajstić information content (AvgIpc) is 3.40. The molecule has 0 bridgehead atoms. The first-order valence-electron chi connectivity index (χ1n) is 16.1. The number of ether oxygens (including phenoxy) is 1. The first-order valence-corrected chi connectivity index (χ1v) is 19.0. The number of halogens is 3. The second-order valence-electron chi connectivity index (χ2n) is 15.0. The molecule has 0 amide bonds. The molecule has 3 aliphatic rings. The van der Waals surface area contributed by atoms with Crippen LogP contribution >= 0.6 is 0 Å². The minimum Gasteiger partial charge on any atom is -0.507 e. The molecule has 3 aromatic rings. The summed E-state index contributed by atoms with van der Waals surface area (Å²) in [6.45, 7) is 11.5. The number of rotatable bonds is 6. The Morgan fingerprint density at radius 2 is 1.71 bits per heavy atom. The summed E-state index contributed by atoms with van der Waals surface area (Å²) in [5.74, 6) is -3.47. The number of aryl methyl sites for hydroxylation is 1. The number of benzene rings is 2. The summed E-state index contributed by atoms with van der Waals surface area (Å²) in [6, 6.07) is 10.9. The molecule has 8 nitrogen and oxygen atoms in total. The zero-order valence-electron chi connectivity index (χ0n) is 28.4. The van der Waals surface area contributed by atoms with Gasteiger partial charge in [-0.2, -0.15) is 13.2 Å². The number of hydrogen-bond acceptors (Lipinski definition) is 8. The molecule has 1 N–H and O–H groups in total. The van der Waals surface area contributed by atoms with Crippen molar-refractivity contribution in [1.29, 1.82) is 0 Å². The lowest BCUT2D eigenvalue weighted by atomic mass is 9.57. The van der Waals surface area contributed by atoms with Gasteiger partial charge in [-0.3, -0.25) is 14.5 Å². The molecular formula is C36H41F3N2O6Si. The zero-order valence-corrected chi connectivity index (χ0v) is 29.4. The topological polar surface area (TPSA) is 102 Å². The predicted octanol–water partition coefficient (Wildman–Crippen LogP) is 7.87. The van der Waals surface area contributed by atoms with E-state index in [1.807, 2.05) is 69.1 Å². The summed E-state index contributed by atoms with van der Waals surface area (Å²) < 4.78 is 61.7. The number of carbonyl (C=O) groups excluding carboxylic acids is 2. The molecule has 1 saturated carbocycles. The molecule has 6 rings (SSSR count). The Morgan fingerprint density at radius 1 is 1.04 bits per heavy atom. The number of fused-ring (bicyclic) bond motifs is 4. The van der Waals surface area contributed by atoms with Gasteiger partial charge in [-0.1, -0.05) is 57.2 Å². The van der Waals surface area contributed by atoms with Crippen molar-refractivity contribution in [3.63, 3.8) is 0 Å². The van der Waals surface area contributed by atoms with Crippen LogP contribution in [-0.4, -0.2) is 54.7 Å². The fraction of sp³-hybridized carbons (Fsp3) is 0.472. The number of carbonyl (C=O) groups is 2. The van der Waals surface area contributed by atoms with Crippen molar-refractivity contribution in [1.82, 2.24) is 10.1 Å². The Labute approximate surface area is 279 Å². The molecule has 256 valence electrons. The standard InChI is InChI=1S/C36H41F3N2O6Si/c1-19-14-15-23(36(37,38)39)22-16-21-17-24-28(41(5)6)30-27(33(40-46-30)45-18-20-12-10-9-11-13-20)32(44)35(24,47-48(7,8)34(2,3)4)31(43)26(21)29(42)25(19)22/h9-15,21,24,28,42H,16-18H2,1-8H3/t21-,24-,28-,35-/m0/s1. The van der Waals surface area contributed by atoms with Gasteiger partial charge in [-0.25, -0.2) is 0 Å². The molecule has 4 atom stereocenters. The van der Waals surface area contributed by atoms with E-state index in [9.17, 15) is 18.3 Å². The number of Topliss-reactive ketones (excluding diaryl/α,β-unsaturated/α-hetero) is 2. The van der Waals surface area contributed by atoms with Gasteiger partial charge < -0.3 is 18.8 Å². The molecule has 0 radical (unpaired) electrons. The van der Waals surface area contributed by atoms with E-state index in [-0.39, 0.29) is 53.4 Å². The highest BCUT2D eigenvalue weighted by Gasteiger charge is 2.69. The molecule has 1 heterocycles. The van der Waals surface area contributed by atoms with Crippen LogP contribution in [0.25, 0.3) is 5.76 Å². The van der Waals surface area contributed by atoms with Crippen molar-refractivity contribution in [2.24, 2.45) is 11.8 Å². The highest BCUT2D eigenvalue weighted by Crippen LogP contribution is 2.59. The Kier molecular flexibility index (Phi) is 8.12. The van der Waals surface area contributed by atoms with Gasteiger partial charge in [0.1, 0.15) is 17.9 Å².